The molecule has 0 amide bonds. The lowest BCUT2D eigenvalue weighted by Gasteiger charge is -2.21. The molecule has 1 aliphatic heterocycles. The Labute approximate surface area is 180 Å². The predicted octanol–water partition coefficient (Wildman–Crippen LogP) is 5.19. The molecule has 0 aliphatic carbocycles. The number of halogens is 2. The topological polar surface area (TPSA) is 66.0 Å². The smallest absolute Gasteiger partial charge is 0.233 e. The van der Waals surface area contributed by atoms with E-state index in [0.29, 0.717) is 24.1 Å². The van der Waals surface area contributed by atoms with Crippen LogP contribution in [0.4, 0.5) is 32.3 Å². The number of hydrogen-bond donors (Lipinski definition) is 2. The van der Waals surface area contributed by atoms with Gasteiger partial charge in [0.1, 0.15) is 0 Å². The molecule has 3 aromatic rings. The van der Waals surface area contributed by atoms with Crippen molar-refractivity contribution >= 4 is 23.5 Å². The Bertz CT molecular complexity index is 1020. The molecule has 6 nitrogen and oxygen atoms in total. The minimum absolute atomic E-state index is 0.284. The largest absolute Gasteiger partial charge is 0.350 e. The van der Waals surface area contributed by atoms with Gasteiger partial charge >= 0.3 is 0 Å². The first kappa shape index (κ1) is 21.0. The molecule has 2 heterocycles. The molecule has 31 heavy (non-hydrogen) atoms. The summed E-state index contributed by atoms with van der Waals surface area (Å²) in [5.74, 6) is -0.531. The van der Waals surface area contributed by atoms with Crippen LogP contribution in [-0.4, -0.2) is 28.0 Å². The van der Waals surface area contributed by atoms with Crippen LogP contribution in [0, 0.1) is 18.6 Å². The summed E-state index contributed by atoms with van der Waals surface area (Å²) in [6, 6.07) is 11.8. The molecule has 1 fully saturated rings. The number of nitrogens with one attached hydrogen (secondary N) is 2. The van der Waals surface area contributed by atoms with Crippen LogP contribution in [0.15, 0.2) is 42.5 Å². The van der Waals surface area contributed by atoms with Gasteiger partial charge in [0.05, 0.1) is 0 Å². The van der Waals surface area contributed by atoms with Crippen molar-refractivity contribution in [2.75, 3.05) is 28.6 Å². The second-order valence-electron chi connectivity index (χ2n) is 7.78. The zero-order valence-electron chi connectivity index (χ0n) is 17.5. The number of hydrogen-bond acceptors (Lipinski definition) is 6. The second-order valence-corrected chi connectivity index (χ2v) is 7.78. The molecule has 2 N–H and O–H groups in total. The van der Waals surface area contributed by atoms with Crippen molar-refractivity contribution in [1.82, 2.24) is 15.0 Å². The number of aryl methyl sites for hydroxylation is 1. The normalized spacial score (nSPS) is 14.2. The monoisotopic (exact) mass is 424 g/mol. The Morgan fingerprint density at radius 2 is 1.55 bits per heavy atom. The molecule has 0 saturated carbocycles. The molecule has 1 aromatic heterocycles. The SMILES string of the molecule is Cc1ccc(CNc2nc(Nc3ccc(F)c(F)c3)nc(N3CCCCCC3)n2)cc1. The van der Waals surface area contributed by atoms with Gasteiger partial charge in [-0.05, 0) is 37.5 Å². The van der Waals surface area contributed by atoms with Crippen LogP contribution in [0.1, 0.15) is 36.8 Å². The number of benzene rings is 2. The van der Waals surface area contributed by atoms with Crippen LogP contribution < -0.4 is 15.5 Å². The van der Waals surface area contributed by atoms with Gasteiger partial charge in [0.2, 0.25) is 17.8 Å². The molecule has 2 aromatic carbocycles. The Morgan fingerprint density at radius 3 is 2.26 bits per heavy atom. The van der Waals surface area contributed by atoms with E-state index in [2.05, 4.69) is 54.8 Å². The third kappa shape index (κ3) is 5.65. The maximum absolute atomic E-state index is 13.6. The highest BCUT2D eigenvalue weighted by atomic mass is 19.2. The molecule has 4 rings (SSSR count). The minimum atomic E-state index is -0.926. The van der Waals surface area contributed by atoms with Crippen LogP contribution >= 0.6 is 0 Å². The zero-order valence-corrected chi connectivity index (χ0v) is 17.5. The molecule has 0 spiro atoms. The Hall–Kier alpha value is -3.29. The van der Waals surface area contributed by atoms with Gasteiger partial charge in [0.15, 0.2) is 11.6 Å². The van der Waals surface area contributed by atoms with E-state index in [0.717, 1.165) is 43.6 Å². The van der Waals surface area contributed by atoms with Gasteiger partial charge in [-0.25, -0.2) is 8.78 Å². The Balaban J connectivity index is 1.59. The lowest BCUT2D eigenvalue weighted by molar-refractivity contribution is 0.509. The van der Waals surface area contributed by atoms with E-state index in [1.807, 2.05) is 6.92 Å². The predicted molar refractivity (Wildman–Crippen MR) is 119 cm³/mol. The number of rotatable bonds is 6. The highest BCUT2D eigenvalue weighted by Crippen LogP contribution is 2.22. The summed E-state index contributed by atoms with van der Waals surface area (Å²) in [4.78, 5) is 15.8. The summed E-state index contributed by atoms with van der Waals surface area (Å²) in [5, 5.41) is 6.24. The number of anilines is 4. The molecule has 1 aliphatic rings. The number of aromatic nitrogens is 3. The fourth-order valence-corrected chi connectivity index (χ4v) is 3.50. The van der Waals surface area contributed by atoms with Crippen molar-refractivity contribution in [2.24, 2.45) is 0 Å². The summed E-state index contributed by atoms with van der Waals surface area (Å²) >= 11 is 0. The fraction of sp³-hybridized carbons (Fsp3) is 0.348. The molecule has 0 radical (unpaired) electrons. The summed E-state index contributed by atoms with van der Waals surface area (Å²) < 4.78 is 26.9. The summed E-state index contributed by atoms with van der Waals surface area (Å²) in [6.45, 7) is 4.37. The molecular formula is C23H26F2N6. The molecule has 162 valence electrons. The quantitative estimate of drug-likeness (QED) is 0.567. The average Bonchev–Trinajstić information content (AvgIpc) is 3.06. The summed E-state index contributed by atoms with van der Waals surface area (Å²) in [6.07, 6.45) is 4.56. The van der Waals surface area contributed by atoms with E-state index in [4.69, 9.17) is 0 Å². The van der Waals surface area contributed by atoms with Crippen LogP contribution in [-0.2, 0) is 6.54 Å². The van der Waals surface area contributed by atoms with Crippen LogP contribution in [0.2, 0.25) is 0 Å². The van der Waals surface area contributed by atoms with Gasteiger partial charge < -0.3 is 15.5 Å². The van der Waals surface area contributed by atoms with Crippen molar-refractivity contribution in [3.05, 3.63) is 65.2 Å². The summed E-state index contributed by atoms with van der Waals surface area (Å²) in [5.41, 5.74) is 2.68. The minimum Gasteiger partial charge on any atom is -0.350 e. The first-order valence-corrected chi connectivity index (χ1v) is 10.6. The van der Waals surface area contributed by atoms with E-state index in [9.17, 15) is 8.78 Å². The second kappa shape index (κ2) is 9.68. The van der Waals surface area contributed by atoms with Crippen molar-refractivity contribution in [3.8, 4) is 0 Å². The van der Waals surface area contributed by atoms with Gasteiger partial charge in [-0.2, -0.15) is 15.0 Å². The Morgan fingerprint density at radius 1 is 0.839 bits per heavy atom. The van der Waals surface area contributed by atoms with Gasteiger partial charge in [0.25, 0.3) is 0 Å². The van der Waals surface area contributed by atoms with Crippen LogP contribution in [0.3, 0.4) is 0 Å². The summed E-state index contributed by atoms with van der Waals surface area (Å²) in [7, 11) is 0. The number of nitrogens with zero attached hydrogens (tertiary/aromatic N) is 4. The maximum Gasteiger partial charge on any atom is 0.233 e. The van der Waals surface area contributed by atoms with E-state index in [-0.39, 0.29) is 5.95 Å². The van der Waals surface area contributed by atoms with Crippen LogP contribution in [0.25, 0.3) is 0 Å². The van der Waals surface area contributed by atoms with Crippen LogP contribution in [0.5, 0.6) is 0 Å². The average molecular weight is 424 g/mol. The molecule has 0 atom stereocenters. The highest BCUT2D eigenvalue weighted by molar-refractivity contribution is 5.56. The first-order valence-electron chi connectivity index (χ1n) is 10.6. The Kier molecular flexibility index (Phi) is 6.54. The lowest BCUT2D eigenvalue weighted by Crippen LogP contribution is -2.27. The third-order valence-corrected chi connectivity index (χ3v) is 5.26. The van der Waals surface area contributed by atoms with E-state index in [1.54, 1.807) is 0 Å². The maximum atomic E-state index is 13.6. The molecule has 0 bridgehead atoms. The van der Waals surface area contributed by atoms with Crippen molar-refractivity contribution in [2.45, 2.75) is 39.2 Å². The standard InChI is InChI=1S/C23H26F2N6/c1-16-6-8-17(9-7-16)15-26-21-28-22(27-18-10-11-19(24)20(25)14-18)30-23(29-21)31-12-4-2-3-5-13-31/h6-11,14H,2-5,12-13,15H2,1H3,(H2,26,27,28,29,30). The van der Waals surface area contributed by atoms with Crippen molar-refractivity contribution < 1.29 is 8.78 Å². The van der Waals surface area contributed by atoms with E-state index >= 15 is 0 Å². The highest BCUT2D eigenvalue weighted by Gasteiger charge is 2.16. The van der Waals surface area contributed by atoms with Gasteiger partial charge in [-0.3, -0.25) is 0 Å². The van der Waals surface area contributed by atoms with E-state index in [1.165, 1.54) is 24.5 Å². The third-order valence-electron chi connectivity index (χ3n) is 5.26. The molecular weight excluding hydrogens is 398 g/mol. The fourth-order valence-electron chi connectivity index (χ4n) is 3.50. The molecule has 1 saturated heterocycles. The molecule has 0 unspecified atom stereocenters. The van der Waals surface area contributed by atoms with Gasteiger partial charge in [0, 0.05) is 31.4 Å². The van der Waals surface area contributed by atoms with Gasteiger partial charge in [-0.1, -0.05) is 42.7 Å². The molecule has 8 heteroatoms. The van der Waals surface area contributed by atoms with Crippen molar-refractivity contribution in [1.29, 1.82) is 0 Å². The first-order chi connectivity index (χ1) is 15.1. The lowest BCUT2D eigenvalue weighted by atomic mass is 10.1. The zero-order chi connectivity index (χ0) is 21.6. The van der Waals surface area contributed by atoms with Crippen molar-refractivity contribution in [3.63, 3.8) is 0 Å². The van der Waals surface area contributed by atoms with Gasteiger partial charge in [-0.15, -0.1) is 0 Å². The van der Waals surface area contributed by atoms with E-state index < -0.39 is 11.6 Å².